The van der Waals surface area contributed by atoms with E-state index in [9.17, 15) is 13.2 Å². The molecule has 0 atom stereocenters. The molecule has 0 radical (unpaired) electrons. The molecule has 8 nitrogen and oxygen atoms in total. The number of aromatic nitrogens is 2. The summed E-state index contributed by atoms with van der Waals surface area (Å²) in [6, 6.07) is 19.1. The lowest BCUT2D eigenvalue weighted by Crippen LogP contribution is -2.25. The van der Waals surface area contributed by atoms with Gasteiger partial charge in [0.1, 0.15) is 11.6 Å². The number of hydrogen-bond acceptors (Lipinski definition) is 5. The van der Waals surface area contributed by atoms with Gasteiger partial charge in [-0.1, -0.05) is 30.3 Å². The van der Waals surface area contributed by atoms with Crippen LogP contribution in [0.4, 0.5) is 5.69 Å². The van der Waals surface area contributed by atoms with E-state index in [1.807, 2.05) is 35.8 Å². The summed E-state index contributed by atoms with van der Waals surface area (Å²) in [6.45, 7) is 4.64. The van der Waals surface area contributed by atoms with Gasteiger partial charge < -0.3 is 14.6 Å². The minimum atomic E-state index is -3.95. The summed E-state index contributed by atoms with van der Waals surface area (Å²) in [7, 11) is -2.49. The topological polar surface area (TPSA) is 102 Å². The molecule has 1 heterocycles. The van der Waals surface area contributed by atoms with Crippen molar-refractivity contribution in [2.45, 2.75) is 31.8 Å². The second kappa shape index (κ2) is 9.56. The van der Waals surface area contributed by atoms with Crippen molar-refractivity contribution in [3.8, 4) is 5.75 Å². The molecule has 0 aliphatic carbocycles. The summed E-state index contributed by atoms with van der Waals surface area (Å²) in [4.78, 5) is 17.5. The Morgan fingerprint density at radius 3 is 2.56 bits per heavy atom. The highest BCUT2D eigenvalue weighted by Gasteiger charge is 2.21. The zero-order chi connectivity index (χ0) is 24.3. The van der Waals surface area contributed by atoms with E-state index in [0.717, 1.165) is 16.9 Å². The van der Waals surface area contributed by atoms with Crippen LogP contribution >= 0.6 is 0 Å². The average molecular weight is 479 g/mol. The number of ether oxygens (including phenoxy) is 1. The third-order valence-electron chi connectivity index (χ3n) is 5.55. The maximum absolute atomic E-state index is 13.1. The number of carbonyl (C=O) groups is 1. The van der Waals surface area contributed by atoms with Crippen LogP contribution in [0.1, 0.15) is 28.7 Å². The molecular weight excluding hydrogens is 452 g/mol. The third kappa shape index (κ3) is 4.60. The number of imidazole rings is 1. The fourth-order valence-electron chi connectivity index (χ4n) is 3.83. The molecule has 1 aromatic heterocycles. The molecule has 4 aromatic rings. The second-order valence-corrected chi connectivity index (χ2v) is 9.38. The van der Waals surface area contributed by atoms with E-state index in [4.69, 9.17) is 4.74 Å². The van der Waals surface area contributed by atoms with Gasteiger partial charge in [0.2, 0.25) is 0 Å². The first-order valence-electron chi connectivity index (χ1n) is 10.8. The molecular formula is C25H26N4O4S. The number of para-hydroxylation sites is 4. The third-order valence-corrected chi connectivity index (χ3v) is 7.06. The van der Waals surface area contributed by atoms with E-state index >= 15 is 0 Å². The number of fused-ring (bicyclic) bond motifs is 1. The monoisotopic (exact) mass is 478 g/mol. The maximum Gasteiger partial charge on any atom is 0.262 e. The number of anilines is 1. The molecule has 9 heteroatoms. The minimum absolute atomic E-state index is 0.0202. The van der Waals surface area contributed by atoms with E-state index < -0.39 is 10.0 Å². The number of nitrogens with one attached hydrogen (secondary N) is 2. The van der Waals surface area contributed by atoms with Crippen LogP contribution in [0.25, 0.3) is 11.0 Å². The Morgan fingerprint density at radius 2 is 1.79 bits per heavy atom. The van der Waals surface area contributed by atoms with Gasteiger partial charge in [-0.25, -0.2) is 13.4 Å². The molecule has 34 heavy (non-hydrogen) atoms. The van der Waals surface area contributed by atoms with Gasteiger partial charge in [-0.15, -0.1) is 0 Å². The highest BCUT2D eigenvalue weighted by atomic mass is 32.2. The van der Waals surface area contributed by atoms with Crippen molar-refractivity contribution in [2.75, 3.05) is 11.8 Å². The van der Waals surface area contributed by atoms with Gasteiger partial charge in [0.15, 0.2) is 0 Å². The lowest BCUT2D eigenvalue weighted by atomic mass is 10.1. The zero-order valence-corrected chi connectivity index (χ0v) is 20.0. The number of carbonyl (C=O) groups excluding carboxylic acids is 1. The summed E-state index contributed by atoms with van der Waals surface area (Å²) in [6.07, 6.45) is 0. The first-order chi connectivity index (χ1) is 16.3. The van der Waals surface area contributed by atoms with Crippen molar-refractivity contribution in [3.63, 3.8) is 0 Å². The quantitative estimate of drug-likeness (QED) is 0.397. The van der Waals surface area contributed by atoms with Gasteiger partial charge in [-0.3, -0.25) is 9.52 Å². The highest BCUT2D eigenvalue weighted by Crippen LogP contribution is 2.27. The van der Waals surface area contributed by atoms with Crippen LogP contribution < -0.4 is 14.8 Å². The molecule has 0 fully saturated rings. The van der Waals surface area contributed by atoms with Gasteiger partial charge in [0, 0.05) is 12.1 Å². The van der Waals surface area contributed by atoms with Gasteiger partial charge in [-0.2, -0.15) is 0 Å². The molecule has 176 valence electrons. The number of nitrogens with zero attached hydrogens (tertiary/aromatic N) is 2. The summed E-state index contributed by atoms with van der Waals surface area (Å²) < 4.78 is 36.1. The lowest BCUT2D eigenvalue weighted by molar-refractivity contribution is 0.0949. The van der Waals surface area contributed by atoms with Crippen LogP contribution in [0.5, 0.6) is 5.75 Å². The average Bonchev–Trinajstić information content (AvgIpc) is 3.20. The second-order valence-electron chi connectivity index (χ2n) is 7.73. The van der Waals surface area contributed by atoms with Crippen molar-refractivity contribution in [1.29, 1.82) is 0 Å². The van der Waals surface area contributed by atoms with Gasteiger partial charge >= 0.3 is 0 Å². The highest BCUT2D eigenvalue weighted by molar-refractivity contribution is 7.92. The molecule has 1 amide bonds. The summed E-state index contributed by atoms with van der Waals surface area (Å²) in [5.74, 6) is 0.745. The Hall–Kier alpha value is -3.85. The summed E-state index contributed by atoms with van der Waals surface area (Å²) in [5.41, 5.74) is 2.94. The van der Waals surface area contributed by atoms with Gasteiger partial charge in [-0.05, 0) is 55.8 Å². The fourth-order valence-corrected chi connectivity index (χ4v) is 5.18. The molecule has 0 saturated heterocycles. The van der Waals surface area contributed by atoms with Crippen LogP contribution in [0.2, 0.25) is 0 Å². The SMILES string of the molecule is CCn1c(CNC(=O)c2ccc(C)c(S(=O)(=O)Nc3ccccc3OC)c2)nc2ccccc21. The molecule has 2 N–H and O–H groups in total. The van der Waals surface area contributed by atoms with Crippen LogP contribution in [-0.4, -0.2) is 31.0 Å². The normalized spacial score (nSPS) is 11.4. The van der Waals surface area contributed by atoms with Crippen LogP contribution in [0.15, 0.2) is 71.6 Å². The molecule has 0 aliphatic heterocycles. The molecule has 0 unspecified atom stereocenters. The Bertz CT molecular complexity index is 1460. The Labute approximate surface area is 198 Å². The van der Waals surface area contributed by atoms with Crippen LogP contribution in [0, 0.1) is 6.92 Å². The number of methoxy groups -OCH3 is 1. The maximum atomic E-state index is 13.1. The van der Waals surface area contributed by atoms with Crippen molar-refractivity contribution in [1.82, 2.24) is 14.9 Å². The lowest BCUT2D eigenvalue weighted by Gasteiger charge is -2.14. The predicted octanol–water partition coefficient (Wildman–Crippen LogP) is 4.10. The number of benzene rings is 3. The van der Waals surface area contributed by atoms with Gasteiger partial charge in [0.05, 0.1) is 35.3 Å². The minimum Gasteiger partial charge on any atom is -0.495 e. The Morgan fingerprint density at radius 1 is 1.06 bits per heavy atom. The number of aryl methyl sites for hydroxylation is 2. The fraction of sp³-hybridized carbons (Fsp3) is 0.200. The predicted molar refractivity (Wildman–Crippen MR) is 132 cm³/mol. The van der Waals surface area contributed by atoms with Crippen LogP contribution in [-0.2, 0) is 23.1 Å². The smallest absolute Gasteiger partial charge is 0.262 e. The van der Waals surface area contributed by atoms with E-state index in [1.165, 1.54) is 13.2 Å². The first kappa shape index (κ1) is 23.3. The Kier molecular flexibility index (Phi) is 6.56. The Balaban J connectivity index is 1.56. The number of rotatable bonds is 8. The first-order valence-corrected chi connectivity index (χ1v) is 12.3. The van der Waals surface area contributed by atoms with Crippen molar-refractivity contribution in [2.24, 2.45) is 0 Å². The van der Waals surface area contributed by atoms with Gasteiger partial charge in [0.25, 0.3) is 15.9 Å². The van der Waals surface area contributed by atoms with E-state index in [-0.39, 0.29) is 22.9 Å². The molecule has 0 bridgehead atoms. The molecule has 4 rings (SSSR count). The number of amides is 1. The van der Waals surface area contributed by atoms with E-state index in [0.29, 0.717) is 23.5 Å². The van der Waals surface area contributed by atoms with Crippen molar-refractivity contribution >= 4 is 32.7 Å². The van der Waals surface area contributed by atoms with Crippen molar-refractivity contribution in [3.05, 3.63) is 83.7 Å². The van der Waals surface area contributed by atoms with Crippen LogP contribution in [0.3, 0.4) is 0 Å². The summed E-state index contributed by atoms with van der Waals surface area (Å²) >= 11 is 0. The zero-order valence-electron chi connectivity index (χ0n) is 19.2. The molecule has 0 aliphatic rings. The summed E-state index contributed by atoms with van der Waals surface area (Å²) in [5, 5.41) is 2.86. The van der Waals surface area contributed by atoms with E-state index in [1.54, 1.807) is 43.3 Å². The largest absolute Gasteiger partial charge is 0.495 e. The number of hydrogen-bond donors (Lipinski definition) is 2. The van der Waals surface area contributed by atoms with E-state index in [2.05, 4.69) is 15.0 Å². The molecule has 0 saturated carbocycles. The number of sulfonamides is 1. The van der Waals surface area contributed by atoms with Crippen molar-refractivity contribution < 1.29 is 17.9 Å². The molecule has 0 spiro atoms. The standard InChI is InChI=1S/C25H26N4O4S/c1-4-29-21-11-7-5-9-19(21)27-24(29)16-26-25(30)18-14-13-17(2)23(15-18)34(31,32)28-20-10-6-8-12-22(20)33-3/h5-15,28H,4,16H2,1-3H3,(H,26,30). The molecule has 3 aromatic carbocycles.